The molecule has 0 bridgehead atoms. The number of hydrogen-bond acceptors (Lipinski definition) is 3. The van der Waals surface area contributed by atoms with Crippen LogP contribution in [0.5, 0.6) is 0 Å². The summed E-state index contributed by atoms with van der Waals surface area (Å²) >= 11 is 0. The van der Waals surface area contributed by atoms with Gasteiger partial charge in [-0.15, -0.1) is 0 Å². The molecule has 0 radical (unpaired) electrons. The molecule has 1 saturated carbocycles. The summed E-state index contributed by atoms with van der Waals surface area (Å²) in [4.78, 5) is 38.9. The van der Waals surface area contributed by atoms with Gasteiger partial charge in [-0.05, 0) is 55.2 Å². The van der Waals surface area contributed by atoms with Crippen molar-refractivity contribution in [2.45, 2.75) is 58.0 Å². The fourth-order valence-corrected chi connectivity index (χ4v) is 4.08. The Balaban J connectivity index is 1.67. The summed E-state index contributed by atoms with van der Waals surface area (Å²) < 4.78 is 13.2. The predicted octanol–water partition coefficient (Wildman–Crippen LogP) is 3.14. The van der Waals surface area contributed by atoms with Gasteiger partial charge in [0.15, 0.2) is 0 Å². The van der Waals surface area contributed by atoms with Crippen LogP contribution in [0.25, 0.3) is 0 Å². The van der Waals surface area contributed by atoms with Crippen molar-refractivity contribution in [1.29, 1.82) is 0 Å². The van der Waals surface area contributed by atoms with Crippen molar-refractivity contribution in [3.63, 3.8) is 0 Å². The Morgan fingerprint density at radius 1 is 1.25 bits per heavy atom. The molecule has 1 saturated heterocycles. The molecule has 152 valence electrons. The number of halogens is 1. The number of nitrogens with zero attached hydrogens (tertiary/aromatic N) is 1. The second kappa shape index (κ2) is 7.89. The number of amides is 4. The number of rotatable bonds is 5. The first-order valence-corrected chi connectivity index (χ1v) is 9.91. The van der Waals surface area contributed by atoms with Crippen molar-refractivity contribution in [2.24, 2.45) is 11.8 Å². The van der Waals surface area contributed by atoms with E-state index < -0.39 is 17.5 Å². The van der Waals surface area contributed by atoms with Crippen LogP contribution in [0, 0.1) is 17.7 Å². The van der Waals surface area contributed by atoms with Gasteiger partial charge >= 0.3 is 6.03 Å². The summed E-state index contributed by atoms with van der Waals surface area (Å²) in [7, 11) is 0. The molecular formula is C21H28FN3O3. The van der Waals surface area contributed by atoms with Crippen LogP contribution in [0.1, 0.15) is 58.1 Å². The van der Waals surface area contributed by atoms with Gasteiger partial charge in [0.2, 0.25) is 5.91 Å². The van der Waals surface area contributed by atoms with Gasteiger partial charge < -0.3 is 10.6 Å². The molecule has 2 fully saturated rings. The largest absolute Gasteiger partial charge is 0.347 e. The van der Waals surface area contributed by atoms with Gasteiger partial charge in [0, 0.05) is 0 Å². The average Bonchev–Trinajstić information content (AvgIpc) is 2.87. The molecule has 3 rings (SSSR count). The highest BCUT2D eigenvalue weighted by Crippen LogP contribution is 2.36. The van der Waals surface area contributed by atoms with Gasteiger partial charge in [-0.2, -0.15) is 0 Å². The van der Waals surface area contributed by atoms with Crippen molar-refractivity contribution in [1.82, 2.24) is 15.5 Å². The van der Waals surface area contributed by atoms with Crippen LogP contribution in [0.15, 0.2) is 24.3 Å². The van der Waals surface area contributed by atoms with E-state index in [2.05, 4.69) is 17.6 Å². The molecule has 1 aliphatic heterocycles. The minimum Gasteiger partial charge on any atom is -0.347 e. The third-order valence-corrected chi connectivity index (χ3v) is 5.89. The maximum atomic E-state index is 13.2. The van der Waals surface area contributed by atoms with Crippen LogP contribution in [0.3, 0.4) is 0 Å². The van der Waals surface area contributed by atoms with Gasteiger partial charge in [-0.3, -0.25) is 14.5 Å². The second-order valence-corrected chi connectivity index (χ2v) is 8.43. The maximum absolute atomic E-state index is 13.2. The van der Waals surface area contributed by atoms with Crippen LogP contribution < -0.4 is 10.6 Å². The molecule has 1 unspecified atom stereocenters. The molecular weight excluding hydrogens is 361 g/mol. The van der Waals surface area contributed by atoms with Crippen LogP contribution >= 0.6 is 0 Å². The zero-order valence-corrected chi connectivity index (χ0v) is 16.6. The molecule has 2 N–H and O–H groups in total. The number of carbonyl (C=O) groups excluding carboxylic acids is 3. The van der Waals surface area contributed by atoms with Gasteiger partial charge in [0.1, 0.15) is 17.9 Å². The Labute approximate surface area is 164 Å². The Morgan fingerprint density at radius 3 is 2.43 bits per heavy atom. The van der Waals surface area contributed by atoms with Gasteiger partial charge in [0.05, 0.1) is 6.04 Å². The van der Waals surface area contributed by atoms with Gasteiger partial charge in [-0.1, -0.05) is 32.9 Å². The van der Waals surface area contributed by atoms with E-state index >= 15 is 0 Å². The fraction of sp³-hybridized carbons (Fsp3) is 0.571. The maximum Gasteiger partial charge on any atom is 0.325 e. The third-order valence-electron chi connectivity index (χ3n) is 5.89. The Hall–Kier alpha value is -2.44. The van der Waals surface area contributed by atoms with E-state index in [1.807, 2.05) is 13.8 Å². The molecule has 1 atom stereocenters. The number of imide groups is 1. The number of hydrogen-bond donors (Lipinski definition) is 2. The van der Waals surface area contributed by atoms with E-state index in [1.165, 1.54) is 12.1 Å². The number of carbonyl (C=O) groups is 3. The van der Waals surface area contributed by atoms with Crippen LogP contribution in [0.4, 0.5) is 9.18 Å². The third kappa shape index (κ3) is 4.03. The van der Waals surface area contributed by atoms with Gasteiger partial charge in [-0.25, -0.2) is 9.18 Å². The number of benzene rings is 1. The molecule has 1 spiro atoms. The van der Waals surface area contributed by atoms with Crippen LogP contribution in [-0.2, 0) is 9.59 Å². The SMILES string of the molecule is CC1CCC2(CC1)NC(=O)N(CC(=O)NC(c1ccc(F)cc1)C(C)C)C2=O. The van der Waals surface area contributed by atoms with E-state index in [9.17, 15) is 18.8 Å². The van der Waals surface area contributed by atoms with Gasteiger partial charge in [0.25, 0.3) is 5.91 Å². The highest BCUT2D eigenvalue weighted by atomic mass is 19.1. The number of urea groups is 1. The molecule has 4 amide bonds. The predicted molar refractivity (Wildman–Crippen MR) is 103 cm³/mol. The lowest BCUT2D eigenvalue weighted by atomic mass is 9.77. The summed E-state index contributed by atoms with van der Waals surface area (Å²) in [5.41, 5.74) is -0.0714. The zero-order chi connectivity index (χ0) is 20.5. The molecule has 2 aliphatic rings. The van der Waals surface area contributed by atoms with E-state index in [0.29, 0.717) is 18.8 Å². The van der Waals surface area contributed by atoms with Crippen molar-refractivity contribution in [2.75, 3.05) is 6.54 Å². The second-order valence-electron chi connectivity index (χ2n) is 8.43. The molecule has 0 aromatic heterocycles. The molecule has 6 nitrogen and oxygen atoms in total. The lowest BCUT2D eigenvalue weighted by Gasteiger charge is -2.33. The number of nitrogens with one attached hydrogen (secondary N) is 2. The lowest BCUT2D eigenvalue weighted by molar-refractivity contribution is -0.136. The molecule has 1 aromatic rings. The highest BCUT2D eigenvalue weighted by molar-refractivity contribution is 6.09. The van der Waals surface area contributed by atoms with E-state index in [4.69, 9.17) is 0 Å². The molecule has 1 aliphatic carbocycles. The molecule has 1 aromatic carbocycles. The Bertz CT molecular complexity index is 755. The quantitative estimate of drug-likeness (QED) is 0.760. The van der Waals surface area contributed by atoms with Crippen LogP contribution in [0.2, 0.25) is 0 Å². The summed E-state index contributed by atoms with van der Waals surface area (Å²) in [5.74, 6) is -0.460. The van der Waals surface area contributed by atoms with Crippen molar-refractivity contribution < 1.29 is 18.8 Å². The molecule has 1 heterocycles. The topological polar surface area (TPSA) is 78.5 Å². The summed E-state index contributed by atoms with van der Waals surface area (Å²) in [6, 6.07) is 5.12. The minimum absolute atomic E-state index is 0.0590. The summed E-state index contributed by atoms with van der Waals surface area (Å²) in [6.07, 6.45) is 2.99. The lowest BCUT2D eigenvalue weighted by Crippen LogP contribution is -2.50. The van der Waals surface area contributed by atoms with E-state index in [1.54, 1.807) is 12.1 Å². The summed E-state index contributed by atoms with van der Waals surface area (Å²) in [5, 5.41) is 5.71. The standard InChI is InChI=1S/C21H28FN3O3/c1-13(2)18(15-4-6-16(22)7-5-15)23-17(26)12-25-19(27)21(24-20(25)28)10-8-14(3)9-11-21/h4-7,13-14,18H,8-12H2,1-3H3,(H,23,26)(H,24,28). The van der Waals surface area contributed by atoms with Crippen molar-refractivity contribution in [3.8, 4) is 0 Å². The molecule has 7 heteroatoms. The Kier molecular flexibility index (Phi) is 5.72. The first-order chi connectivity index (χ1) is 13.2. The van der Waals surface area contributed by atoms with E-state index in [0.717, 1.165) is 23.3 Å². The van der Waals surface area contributed by atoms with E-state index in [-0.39, 0.29) is 30.2 Å². The van der Waals surface area contributed by atoms with Crippen molar-refractivity contribution in [3.05, 3.63) is 35.6 Å². The van der Waals surface area contributed by atoms with Crippen LogP contribution in [-0.4, -0.2) is 34.8 Å². The first-order valence-electron chi connectivity index (χ1n) is 9.91. The fourth-order valence-electron chi connectivity index (χ4n) is 4.08. The monoisotopic (exact) mass is 389 g/mol. The smallest absolute Gasteiger partial charge is 0.325 e. The first kappa shape index (κ1) is 20.3. The zero-order valence-electron chi connectivity index (χ0n) is 16.6. The summed E-state index contributed by atoms with van der Waals surface area (Å²) in [6.45, 7) is 5.72. The minimum atomic E-state index is -0.849. The van der Waals surface area contributed by atoms with Crippen molar-refractivity contribution >= 4 is 17.8 Å². The average molecular weight is 389 g/mol. The Morgan fingerprint density at radius 2 is 1.86 bits per heavy atom. The normalized spacial score (nSPS) is 25.9. The molecule has 28 heavy (non-hydrogen) atoms. The highest BCUT2D eigenvalue weighted by Gasteiger charge is 2.52.